The van der Waals surface area contributed by atoms with E-state index < -0.39 is 0 Å². The molecule has 1 heterocycles. The fourth-order valence-electron chi connectivity index (χ4n) is 1.62. The Morgan fingerprint density at radius 1 is 1.37 bits per heavy atom. The van der Waals surface area contributed by atoms with E-state index in [1.165, 1.54) is 0 Å². The van der Waals surface area contributed by atoms with Crippen LogP contribution in [-0.2, 0) is 9.53 Å². The predicted octanol–water partition coefficient (Wildman–Crippen LogP) is 3.22. The Morgan fingerprint density at radius 2 is 2.21 bits per heavy atom. The molecule has 0 unspecified atom stereocenters. The highest BCUT2D eigenvalue weighted by Gasteiger charge is 2.09. The smallest absolute Gasteiger partial charge is 0.344 e. The summed E-state index contributed by atoms with van der Waals surface area (Å²) in [5, 5.41) is 1.40. The van der Waals surface area contributed by atoms with Gasteiger partial charge in [0, 0.05) is 11.6 Å². The molecule has 1 aromatic carbocycles. The van der Waals surface area contributed by atoms with Crippen molar-refractivity contribution in [2.75, 3.05) is 13.2 Å². The van der Waals surface area contributed by atoms with Crippen molar-refractivity contribution in [3.05, 3.63) is 35.5 Å². The summed E-state index contributed by atoms with van der Waals surface area (Å²) in [7, 11) is 0. The molecular formula is C14H14ClNO3. The number of halogens is 1. The molecule has 4 nitrogen and oxygen atoms in total. The Labute approximate surface area is 116 Å². The summed E-state index contributed by atoms with van der Waals surface area (Å²) in [5.41, 5.74) is 0.637. The number of benzene rings is 1. The number of hydrogen-bond acceptors (Lipinski definition) is 4. The van der Waals surface area contributed by atoms with E-state index in [1.807, 2.05) is 13.0 Å². The Hall–Kier alpha value is -1.81. The molecular weight excluding hydrogens is 266 g/mol. The summed E-state index contributed by atoms with van der Waals surface area (Å²) in [6.45, 7) is 2.21. The van der Waals surface area contributed by atoms with Gasteiger partial charge in [0.05, 0.1) is 11.6 Å². The number of carbonyl (C=O) groups excluding carboxylic acids is 1. The van der Waals surface area contributed by atoms with Crippen LogP contribution in [0.15, 0.2) is 30.5 Å². The second-order valence-corrected chi connectivity index (χ2v) is 4.36. The fourth-order valence-corrected chi connectivity index (χ4v) is 1.84. The van der Waals surface area contributed by atoms with Crippen LogP contribution in [0.4, 0.5) is 0 Å². The molecule has 0 amide bonds. The molecule has 0 aliphatic carbocycles. The third-order valence-corrected chi connectivity index (χ3v) is 2.82. The zero-order chi connectivity index (χ0) is 13.7. The molecule has 2 rings (SSSR count). The van der Waals surface area contributed by atoms with Gasteiger partial charge in [-0.3, -0.25) is 4.98 Å². The molecule has 0 atom stereocenters. The first-order valence-electron chi connectivity index (χ1n) is 6.04. The molecule has 1 aromatic heterocycles. The SMILES string of the molecule is CCCOC(=O)COc1ccc(Cl)c2cccnc12. The van der Waals surface area contributed by atoms with Gasteiger partial charge in [0.25, 0.3) is 0 Å². The normalized spacial score (nSPS) is 10.4. The van der Waals surface area contributed by atoms with Crippen molar-refractivity contribution < 1.29 is 14.3 Å². The lowest BCUT2D eigenvalue weighted by Gasteiger charge is -2.09. The lowest BCUT2D eigenvalue weighted by atomic mass is 10.2. The molecule has 0 radical (unpaired) electrons. The first-order valence-corrected chi connectivity index (χ1v) is 6.42. The average Bonchev–Trinajstić information content (AvgIpc) is 2.45. The zero-order valence-electron chi connectivity index (χ0n) is 10.6. The molecule has 0 saturated carbocycles. The van der Waals surface area contributed by atoms with Crippen LogP contribution in [0.1, 0.15) is 13.3 Å². The number of esters is 1. The molecule has 2 aromatic rings. The van der Waals surface area contributed by atoms with Crippen molar-refractivity contribution >= 4 is 28.5 Å². The van der Waals surface area contributed by atoms with Crippen LogP contribution in [0.5, 0.6) is 5.75 Å². The number of hydrogen-bond donors (Lipinski definition) is 0. The molecule has 5 heteroatoms. The highest BCUT2D eigenvalue weighted by molar-refractivity contribution is 6.35. The summed E-state index contributed by atoms with van der Waals surface area (Å²) in [6, 6.07) is 7.07. The third kappa shape index (κ3) is 3.35. The third-order valence-electron chi connectivity index (χ3n) is 2.49. The maximum Gasteiger partial charge on any atom is 0.344 e. The Morgan fingerprint density at radius 3 is 3.00 bits per heavy atom. The Balaban J connectivity index is 2.13. The molecule has 0 aliphatic rings. The van der Waals surface area contributed by atoms with E-state index in [9.17, 15) is 4.79 Å². The minimum atomic E-state index is -0.388. The summed E-state index contributed by atoms with van der Waals surface area (Å²) in [5.74, 6) is 0.134. The summed E-state index contributed by atoms with van der Waals surface area (Å²) in [6.07, 6.45) is 2.44. The lowest BCUT2D eigenvalue weighted by Crippen LogP contribution is -2.15. The number of carbonyl (C=O) groups is 1. The number of pyridine rings is 1. The first kappa shape index (κ1) is 13.6. The summed E-state index contributed by atoms with van der Waals surface area (Å²) < 4.78 is 10.4. The van der Waals surface area contributed by atoms with Crippen LogP contribution < -0.4 is 4.74 Å². The van der Waals surface area contributed by atoms with Crippen molar-refractivity contribution in [3.8, 4) is 5.75 Å². The van der Waals surface area contributed by atoms with Gasteiger partial charge < -0.3 is 9.47 Å². The van der Waals surface area contributed by atoms with Gasteiger partial charge in [0.2, 0.25) is 0 Å². The topological polar surface area (TPSA) is 48.4 Å². The van der Waals surface area contributed by atoms with E-state index in [0.717, 1.165) is 11.8 Å². The highest BCUT2D eigenvalue weighted by Crippen LogP contribution is 2.29. The van der Waals surface area contributed by atoms with E-state index in [1.54, 1.807) is 24.4 Å². The van der Waals surface area contributed by atoms with Crippen LogP contribution in [0, 0.1) is 0 Å². The van der Waals surface area contributed by atoms with Gasteiger partial charge in [-0.15, -0.1) is 0 Å². The number of fused-ring (bicyclic) bond motifs is 1. The molecule has 19 heavy (non-hydrogen) atoms. The Bertz CT molecular complexity index is 586. The van der Waals surface area contributed by atoms with E-state index in [0.29, 0.717) is 22.9 Å². The predicted molar refractivity (Wildman–Crippen MR) is 73.5 cm³/mol. The quantitative estimate of drug-likeness (QED) is 0.789. The van der Waals surface area contributed by atoms with Crippen molar-refractivity contribution in [1.82, 2.24) is 4.98 Å². The van der Waals surface area contributed by atoms with E-state index >= 15 is 0 Å². The van der Waals surface area contributed by atoms with Crippen molar-refractivity contribution in [1.29, 1.82) is 0 Å². The van der Waals surface area contributed by atoms with Crippen molar-refractivity contribution in [2.24, 2.45) is 0 Å². The molecule has 100 valence electrons. The number of nitrogens with zero attached hydrogens (tertiary/aromatic N) is 1. The van der Waals surface area contributed by atoms with Crippen molar-refractivity contribution in [3.63, 3.8) is 0 Å². The molecule has 0 spiro atoms. The first-order chi connectivity index (χ1) is 9.22. The minimum Gasteiger partial charge on any atom is -0.480 e. The van der Waals surface area contributed by atoms with Gasteiger partial charge in [-0.25, -0.2) is 4.79 Å². The van der Waals surface area contributed by atoms with Crippen LogP contribution >= 0.6 is 11.6 Å². The molecule has 0 aliphatic heterocycles. The molecule has 0 bridgehead atoms. The van der Waals surface area contributed by atoms with Gasteiger partial charge in [-0.05, 0) is 30.7 Å². The van der Waals surface area contributed by atoms with Crippen LogP contribution in [0.3, 0.4) is 0 Å². The van der Waals surface area contributed by atoms with Gasteiger partial charge in [-0.2, -0.15) is 0 Å². The van der Waals surface area contributed by atoms with E-state index in [-0.39, 0.29) is 12.6 Å². The van der Waals surface area contributed by atoms with Gasteiger partial charge in [-0.1, -0.05) is 18.5 Å². The monoisotopic (exact) mass is 279 g/mol. The number of ether oxygens (including phenoxy) is 2. The summed E-state index contributed by atoms with van der Waals surface area (Å²) >= 11 is 6.07. The summed E-state index contributed by atoms with van der Waals surface area (Å²) in [4.78, 5) is 15.6. The molecule has 0 saturated heterocycles. The van der Waals surface area contributed by atoms with Crippen LogP contribution in [0.2, 0.25) is 5.02 Å². The molecule has 0 fully saturated rings. The number of aromatic nitrogens is 1. The minimum absolute atomic E-state index is 0.132. The van der Waals surface area contributed by atoms with E-state index in [4.69, 9.17) is 21.1 Å². The molecule has 0 N–H and O–H groups in total. The van der Waals surface area contributed by atoms with Crippen molar-refractivity contribution in [2.45, 2.75) is 13.3 Å². The Kier molecular flexibility index (Phi) is 4.58. The number of rotatable bonds is 5. The lowest BCUT2D eigenvalue weighted by molar-refractivity contribution is -0.145. The fraction of sp³-hybridized carbons (Fsp3) is 0.286. The largest absolute Gasteiger partial charge is 0.480 e. The van der Waals surface area contributed by atoms with E-state index in [2.05, 4.69) is 4.98 Å². The van der Waals surface area contributed by atoms with Gasteiger partial charge >= 0.3 is 5.97 Å². The average molecular weight is 280 g/mol. The van der Waals surface area contributed by atoms with Crippen LogP contribution in [0.25, 0.3) is 10.9 Å². The van der Waals surface area contributed by atoms with Crippen LogP contribution in [-0.4, -0.2) is 24.2 Å². The zero-order valence-corrected chi connectivity index (χ0v) is 11.3. The highest BCUT2D eigenvalue weighted by atomic mass is 35.5. The second kappa shape index (κ2) is 6.38. The second-order valence-electron chi connectivity index (χ2n) is 3.95. The maximum atomic E-state index is 11.4. The van der Waals surface area contributed by atoms with Gasteiger partial charge in [0.15, 0.2) is 6.61 Å². The maximum absolute atomic E-state index is 11.4. The van der Waals surface area contributed by atoms with Gasteiger partial charge in [0.1, 0.15) is 11.3 Å². The standard InChI is InChI=1S/C14H14ClNO3/c1-2-8-18-13(17)9-19-12-6-5-11(15)10-4-3-7-16-14(10)12/h3-7H,2,8-9H2,1H3.